The maximum atomic E-state index is 5.65. The van der Waals surface area contributed by atoms with Gasteiger partial charge in [0.15, 0.2) is 0 Å². The Labute approximate surface area is 187 Å². The van der Waals surface area contributed by atoms with Crippen molar-refractivity contribution >= 4 is 51.2 Å². The predicted molar refractivity (Wildman–Crippen MR) is 136 cm³/mol. The van der Waals surface area contributed by atoms with E-state index >= 15 is 0 Å². The fraction of sp³-hybridized carbons (Fsp3) is 0.0769. The third-order valence-corrected chi connectivity index (χ3v) is 9.35. The molecule has 0 aliphatic carbocycles. The molecular formula is C26H23INP. The van der Waals surface area contributed by atoms with Gasteiger partial charge in [0.05, 0.1) is 12.7 Å². The molecule has 0 heterocycles. The Balaban J connectivity index is 2.18. The van der Waals surface area contributed by atoms with Crippen molar-refractivity contribution in [2.45, 2.75) is 13.8 Å². The number of benzene rings is 4. The minimum atomic E-state index is -2.22. The first-order chi connectivity index (χ1) is 14.1. The van der Waals surface area contributed by atoms with E-state index in [2.05, 4.69) is 140 Å². The second-order valence-corrected chi connectivity index (χ2v) is 11.4. The molecule has 3 heteroatoms. The van der Waals surface area contributed by atoms with Crippen molar-refractivity contribution in [1.29, 1.82) is 0 Å². The lowest BCUT2D eigenvalue weighted by molar-refractivity contribution is 1.32. The highest BCUT2D eigenvalue weighted by molar-refractivity contribution is 14.1. The van der Waals surface area contributed by atoms with Gasteiger partial charge in [-0.1, -0.05) is 91.0 Å². The molecule has 0 radical (unpaired) electrons. The number of hydrogen-bond acceptors (Lipinski definition) is 1. The van der Waals surface area contributed by atoms with Crippen molar-refractivity contribution in [3.05, 3.63) is 118 Å². The van der Waals surface area contributed by atoms with Crippen LogP contribution in [-0.4, -0.2) is 0 Å². The molecule has 4 aromatic carbocycles. The van der Waals surface area contributed by atoms with E-state index in [9.17, 15) is 0 Å². The SMILES string of the molecule is Cc1cc(I)cc(C)c1N=P(c1ccccc1)(c1ccccc1)c1ccccc1. The second-order valence-electron chi connectivity index (χ2n) is 7.13. The molecule has 0 atom stereocenters. The first-order valence-corrected chi connectivity index (χ1v) is 12.5. The molecule has 0 N–H and O–H groups in total. The van der Waals surface area contributed by atoms with E-state index in [0.29, 0.717) is 0 Å². The quantitative estimate of drug-likeness (QED) is 0.215. The average Bonchev–Trinajstić information content (AvgIpc) is 2.75. The third-order valence-electron chi connectivity index (χ3n) is 5.10. The van der Waals surface area contributed by atoms with Crippen LogP contribution in [0.5, 0.6) is 0 Å². The lowest BCUT2D eigenvalue weighted by Crippen LogP contribution is -2.25. The van der Waals surface area contributed by atoms with Gasteiger partial charge in [-0.15, -0.1) is 0 Å². The van der Waals surface area contributed by atoms with Crippen molar-refractivity contribution in [3.8, 4) is 0 Å². The topological polar surface area (TPSA) is 12.4 Å². The summed E-state index contributed by atoms with van der Waals surface area (Å²) >= 11 is 2.39. The average molecular weight is 507 g/mol. The highest BCUT2D eigenvalue weighted by Crippen LogP contribution is 2.50. The Kier molecular flexibility index (Phi) is 6.03. The summed E-state index contributed by atoms with van der Waals surface area (Å²) in [6.45, 7) is 4.34. The molecule has 1 nitrogen and oxygen atoms in total. The van der Waals surface area contributed by atoms with Gasteiger partial charge >= 0.3 is 0 Å². The van der Waals surface area contributed by atoms with E-state index < -0.39 is 7.05 Å². The van der Waals surface area contributed by atoms with Crippen LogP contribution in [0.4, 0.5) is 5.69 Å². The highest BCUT2D eigenvalue weighted by atomic mass is 127. The zero-order chi connectivity index (χ0) is 20.3. The van der Waals surface area contributed by atoms with Gasteiger partial charge in [-0.2, -0.15) is 0 Å². The van der Waals surface area contributed by atoms with Crippen molar-refractivity contribution < 1.29 is 0 Å². The number of halogens is 1. The van der Waals surface area contributed by atoms with Crippen LogP contribution in [0.1, 0.15) is 11.1 Å². The molecule has 0 spiro atoms. The van der Waals surface area contributed by atoms with Crippen LogP contribution in [0.15, 0.2) is 108 Å². The number of aryl methyl sites for hydroxylation is 2. The monoisotopic (exact) mass is 507 g/mol. The van der Waals surface area contributed by atoms with Gasteiger partial charge in [0.2, 0.25) is 0 Å². The van der Waals surface area contributed by atoms with Crippen molar-refractivity contribution in [1.82, 2.24) is 0 Å². The van der Waals surface area contributed by atoms with E-state index in [1.54, 1.807) is 0 Å². The zero-order valence-corrected chi connectivity index (χ0v) is 19.6. The van der Waals surface area contributed by atoms with Gasteiger partial charge in [0.1, 0.15) is 0 Å². The molecule has 0 saturated carbocycles. The van der Waals surface area contributed by atoms with Crippen LogP contribution in [-0.2, 0) is 0 Å². The lowest BCUT2D eigenvalue weighted by Gasteiger charge is -2.27. The summed E-state index contributed by atoms with van der Waals surface area (Å²) in [5, 5.41) is 3.82. The lowest BCUT2D eigenvalue weighted by atomic mass is 10.1. The Morgan fingerprint density at radius 1 is 0.586 bits per heavy atom. The predicted octanol–water partition coefficient (Wildman–Crippen LogP) is 6.72. The molecule has 0 aromatic heterocycles. The van der Waals surface area contributed by atoms with Crippen LogP contribution in [0.2, 0.25) is 0 Å². The van der Waals surface area contributed by atoms with E-state index in [4.69, 9.17) is 4.74 Å². The van der Waals surface area contributed by atoms with Gasteiger partial charge in [-0.3, -0.25) is 4.74 Å². The molecule has 0 bridgehead atoms. The molecule has 29 heavy (non-hydrogen) atoms. The Hall–Kier alpha value is -2.16. The van der Waals surface area contributed by atoms with Crippen LogP contribution in [0.25, 0.3) is 0 Å². The zero-order valence-electron chi connectivity index (χ0n) is 16.6. The third kappa shape index (κ3) is 3.97. The van der Waals surface area contributed by atoms with Crippen molar-refractivity contribution in [3.63, 3.8) is 0 Å². The normalized spacial score (nSPS) is 11.3. The summed E-state index contributed by atoms with van der Waals surface area (Å²) in [5.74, 6) is 0. The molecular weight excluding hydrogens is 484 g/mol. The van der Waals surface area contributed by atoms with Crippen LogP contribution in [0.3, 0.4) is 0 Å². The Morgan fingerprint density at radius 3 is 1.28 bits per heavy atom. The molecule has 0 fully saturated rings. The van der Waals surface area contributed by atoms with Gasteiger partial charge in [-0.05, 0) is 59.7 Å². The first kappa shape index (κ1) is 20.1. The highest BCUT2D eigenvalue weighted by Gasteiger charge is 2.27. The minimum absolute atomic E-state index is 1.11. The summed E-state index contributed by atoms with van der Waals surface area (Å²) in [4.78, 5) is 0. The first-order valence-electron chi connectivity index (χ1n) is 9.67. The molecule has 0 aliphatic rings. The maximum absolute atomic E-state index is 5.65. The summed E-state index contributed by atoms with van der Waals surface area (Å²) in [5.41, 5.74) is 3.55. The van der Waals surface area contributed by atoms with Crippen molar-refractivity contribution in [2.75, 3.05) is 0 Å². The smallest absolute Gasteiger partial charge is 0.0684 e. The van der Waals surface area contributed by atoms with Crippen LogP contribution >= 0.6 is 29.6 Å². The van der Waals surface area contributed by atoms with Gasteiger partial charge in [-0.25, -0.2) is 0 Å². The van der Waals surface area contributed by atoms with E-state index in [-0.39, 0.29) is 0 Å². The molecule has 144 valence electrons. The van der Waals surface area contributed by atoms with Gasteiger partial charge in [0.25, 0.3) is 0 Å². The summed E-state index contributed by atoms with van der Waals surface area (Å²) < 4.78 is 6.90. The van der Waals surface area contributed by atoms with Crippen LogP contribution < -0.4 is 15.9 Å². The Bertz CT molecular complexity index is 1040. The van der Waals surface area contributed by atoms with Crippen LogP contribution in [0, 0.1) is 17.4 Å². The van der Waals surface area contributed by atoms with Crippen molar-refractivity contribution in [2.24, 2.45) is 4.74 Å². The maximum Gasteiger partial charge on any atom is 0.0684 e. The molecule has 0 unspecified atom stereocenters. The number of rotatable bonds is 4. The number of hydrogen-bond donors (Lipinski definition) is 0. The fourth-order valence-electron chi connectivity index (χ4n) is 3.76. The second kappa shape index (κ2) is 8.69. The van der Waals surface area contributed by atoms with E-state index in [1.807, 2.05) is 0 Å². The Morgan fingerprint density at radius 2 is 0.931 bits per heavy atom. The largest absolute Gasteiger partial charge is 0.253 e. The molecule has 0 amide bonds. The molecule has 0 saturated heterocycles. The molecule has 4 rings (SSSR count). The summed E-state index contributed by atoms with van der Waals surface area (Å²) in [6.07, 6.45) is 0. The summed E-state index contributed by atoms with van der Waals surface area (Å²) in [7, 11) is -2.22. The van der Waals surface area contributed by atoms with Gasteiger partial charge in [0, 0.05) is 19.5 Å². The fourth-order valence-corrected chi connectivity index (χ4v) is 8.36. The minimum Gasteiger partial charge on any atom is -0.253 e. The number of nitrogens with zero attached hydrogens (tertiary/aromatic N) is 1. The molecule has 4 aromatic rings. The molecule has 0 aliphatic heterocycles. The summed E-state index contributed by atoms with van der Waals surface area (Å²) in [6, 6.07) is 36.8. The van der Waals surface area contributed by atoms with E-state index in [1.165, 1.54) is 30.6 Å². The van der Waals surface area contributed by atoms with Gasteiger partial charge < -0.3 is 0 Å². The van der Waals surface area contributed by atoms with E-state index in [0.717, 1.165) is 5.69 Å². The standard InChI is InChI=1S/C26H23INP/c1-20-18-22(27)19-21(2)26(20)28-29(23-12-6-3-7-13-23,24-14-8-4-9-15-24)25-16-10-5-11-17-25/h3-19H,1-2H3.